The van der Waals surface area contributed by atoms with Crippen molar-refractivity contribution in [2.45, 2.75) is 0 Å². The summed E-state index contributed by atoms with van der Waals surface area (Å²) in [5.74, 6) is 1.84. The second-order valence-corrected chi connectivity index (χ2v) is 12.4. The smallest absolute Gasteiger partial charge is 0.250 e. The Morgan fingerprint density at radius 2 is 1.15 bits per heavy atom. The third-order valence-electron chi connectivity index (χ3n) is 10.0. The summed E-state index contributed by atoms with van der Waals surface area (Å²) in [6.07, 6.45) is 0. The van der Waals surface area contributed by atoms with E-state index in [4.69, 9.17) is 9.15 Å². The van der Waals surface area contributed by atoms with E-state index in [0.717, 1.165) is 33.4 Å². The second kappa shape index (κ2) is 8.80. The molecule has 0 bridgehead atoms. The Balaban J connectivity index is 1.14. The predicted molar refractivity (Wildman–Crippen MR) is 191 cm³/mol. The molecule has 3 aromatic heterocycles. The molecule has 11 rings (SSSR count). The molecule has 0 N–H and O–H groups in total. The molecule has 10 aromatic rings. The topological polar surface area (TPSA) is 26.8 Å². The van der Waals surface area contributed by atoms with Crippen molar-refractivity contribution in [2.24, 2.45) is 0 Å². The van der Waals surface area contributed by atoms with Gasteiger partial charge in [-0.1, -0.05) is 109 Å². The maximum Gasteiger partial charge on any atom is 0.250 e. The highest BCUT2D eigenvalue weighted by Crippen LogP contribution is 2.45. The van der Waals surface area contributed by atoms with Gasteiger partial charge in [-0.15, -0.1) is 0 Å². The van der Waals surface area contributed by atoms with E-state index in [1.54, 1.807) is 0 Å². The van der Waals surface area contributed by atoms with Crippen molar-refractivity contribution in [3.8, 4) is 22.6 Å². The molecule has 212 valence electrons. The molecule has 4 heteroatoms. The summed E-state index contributed by atoms with van der Waals surface area (Å²) < 4.78 is 15.4. The maximum absolute atomic E-state index is 6.73. The molecule has 3 nitrogen and oxygen atoms in total. The van der Waals surface area contributed by atoms with Crippen LogP contribution in [-0.2, 0) is 0 Å². The predicted octanol–water partition coefficient (Wildman–Crippen LogP) is 9.02. The Morgan fingerprint density at radius 1 is 0.478 bits per heavy atom. The van der Waals surface area contributed by atoms with E-state index in [-0.39, 0.29) is 6.71 Å². The van der Waals surface area contributed by atoms with Gasteiger partial charge in [0.2, 0.25) is 0 Å². The fourth-order valence-corrected chi connectivity index (χ4v) is 8.08. The zero-order valence-corrected chi connectivity index (χ0v) is 24.7. The molecular formula is C42H24BNO2. The summed E-state index contributed by atoms with van der Waals surface area (Å²) in [4.78, 5) is 0. The van der Waals surface area contributed by atoms with Crippen molar-refractivity contribution < 1.29 is 9.15 Å². The summed E-state index contributed by atoms with van der Waals surface area (Å²) in [7, 11) is 0. The highest BCUT2D eigenvalue weighted by molar-refractivity contribution is 6.97. The number of fused-ring (bicyclic) bond motifs is 12. The van der Waals surface area contributed by atoms with Gasteiger partial charge in [0.05, 0.1) is 21.9 Å². The van der Waals surface area contributed by atoms with Crippen LogP contribution in [0.4, 0.5) is 0 Å². The van der Waals surface area contributed by atoms with E-state index in [2.05, 4.69) is 138 Å². The molecule has 0 spiro atoms. The molecule has 1 aliphatic rings. The summed E-state index contributed by atoms with van der Waals surface area (Å²) >= 11 is 0. The van der Waals surface area contributed by atoms with Crippen LogP contribution in [0.2, 0.25) is 0 Å². The molecule has 46 heavy (non-hydrogen) atoms. The van der Waals surface area contributed by atoms with Crippen molar-refractivity contribution in [3.05, 3.63) is 146 Å². The lowest BCUT2D eigenvalue weighted by atomic mass is 9.36. The third kappa shape index (κ3) is 3.13. The van der Waals surface area contributed by atoms with Crippen molar-refractivity contribution in [1.29, 1.82) is 0 Å². The highest BCUT2D eigenvalue weighted by atomic mass is 16.5. The number of benzene rings is 7. The quantitative estimate of drug-likeness (QED) is 0.189. The van der Waals surface area contributed by atoms with Crippen LogP contribution in [0.5, 0.6) is 11.5 Å². The molecule has 0 amide bonds. The van der Waals surface area contributed by atoms with Gasteiger partial charge in [-0.25, -0.2) is 0 Å². The van der Waals surface area contributed by atoms with Crippen LogP contribution in [0.1, 0.15) is 0 Å². The number of hydrogen-bond acceptors (Lipinski definition) is 2. The Bertz CT molecular complexity index is 2810. The average Bonchev–Trinajstić information content (AvgIpc) is 3.76. The number of furan rings is 1. The van der Waals surface area contributed by atoms with Crippen LogP contribution in [-0.4, -0.2) is 11.1 Å². The van der Waals surface area contributed by atoms with Gasteiger partial charge in [0.1, 0.15) is 22.7 Å². The lowest BCUT2D eigenvalue weighted by Gasteiger charge is -2.26. The number of ether oxygens (including phenoxy) is 1. The number of para-hydroxylation sites is 4. The second-order valence-electron chi connectivity index (χ2n) is 12.4. The van der Waals surface area contributed by atoms with Crippen molar-refractivity contribution in [2.75, 3.05) is 0 Å². The first-order chi connectivity index (χ1) is 22.8. The molecule has 0 fully saturated rings. The van der Waals surface area contributed by atoms with Gasteiger partial charge in [-0.3, -0.25) is 0 Å². The zero-order chi connectivity index (χ0) is 29.9. The first-order valence-electron chi connectivity index (χ1n) is 15.8. The molecule has 4 heterocycles. The van der Waals surface area contributed by atoms with Gasteiger partial charge < -0.3 is 13.6 Å². The minimum atomic E-state index is 0.0921. The highest BCUT2D eigenvalue weighted by Gasteiger charge is 2.32. The zero-order valence-electron chi connectivity index (χ0n) is 24.7. The van der Waals surface area contributed by atoms with Gasteiger partial charge in [0.15, 0.2) is 0 Å². The Kier molecular flexibility index (Phi) is 4.66. The maximum atomic E-state index is 6.73. The molecule has 0 saturated heterocycles. The van der Waals surface area contributed by atoms with Gasteiger partial charge in [0.25, 0.3) is 6.71 Å². The number of aromatic nitrogens is 1. The molecule has 0 unspecified atom stereocenters. The molecule has 1 aliphatic heterocycles. The average molecular weight is 585 g/mol. The third-order valence-corrected chi connectivity index (χ3v) is 10.0. The van der Waals surface area contributed by atoms with Crippen LogP contribution in [0.3, 0.4) is 0 Å². The van der Waals surface area contributed by atoms with Gasteiger partial charge in [0, 0.05) is 26.9 Å². The lowest BCUT2D eigenvalue weighted by Crippen LogP contribution is -2.54. The van der Waals surface area contributed by atoms with Crippen LogP contribution >= 0.6 is 0 Å². The number of nitrogens with zero attached hydrogens (tertiary/aromatic N) is 1. The Morgan fingerprint density at radius 3 is 1.96 bits per heavy atom. The summed E-state index contributed by atoms with van der Waals surface area (Å²) in [6, 6.07) is 52.2. The monoisotopic (exact) mass is 585 g/mol. The van der Waals surface area contributed by atoms with E-state index >= 15 is 0 Å². The van der Waals surface area contributed by atoms with E-state index in [1.165, 1.54) is 65.6 Å². The first-order valence-corrected chi connectivity index (χ1v) is 15.8. The molecule has 7 aromatic carbocycles. The van der Waals surface area contributed by atoms with Crippen LogP contribution in [0, 0.1) is 0 Å². The van der Waals surface area contributed by atoms with Crippen molar-refractivity contribution in [1.82, 2.24) is 4.40 Å². The minimum Gasteiger partial charge on any atom is -0.458 e. The number of rotatable bonds is 2. The van der Waals surface area contributed by atoms with E-state index in [1.807, 2.05) is 12.1 Å². The van der Waals surface area contributed by atoms with E-state index in [9.17, 15) is 0 Å². The molecule has 0 saturated carbocycles. The molecular weight excluding hydrogens is 561 g/mol. The number of hydrogen-bond donors (Lipinski definition) is 0. The standard InChI is InChI=1S/C42H24BNO2/c1-5-16-35-28(12-1)31-24-32-30-23-26(20-21-37(30)46-42(32)40-29-13-2-6-17-36(29)44(35)41(31)40)25-10-9-11-27(22-25)43-33-14-3-7-18-38(33)45-39-19-8-4-15-34(39)43/h1-24H. The largest absolute Gasteiger partial charge is 0.458 e. The first kappa shape index (κ1) is 24.3. The fourth-order valence-electron chi connectivity index (χ4n) is 8.08. The Hall–Kier alpha value is -6.00. The van der Waals surface area contributed by atoms with E-state index in [0.29, 0.717) is 0 Å². The lowest BCUT2D eigenvalue weighted by molar-refractivity contribution is 0.487. The van der Waals surface area contributed by atoms with Gasteiger partial charge >= 0.3 is 0 Å². The van der Waals surface area contributed by atoms with Crippen LogP contribution < -0.4 is 21.1 Å². The minimum absolute atomic E-state index is 0.0921. The summed E-state index contributed by atoms with van der Waals surface area (Å²) in [5, 5.41) is 7.24. The van der Waals surface area contributed by atoms with Gasteiger partial charge in [-0.05, 0) is 64.5 Å². The van der Waals surface area contributed by atoms with Crippen molar-refractivity contribution >= 4 is 83.1 Å². The van der Waals surface area contributed by atoms with Crippen molar-refractivity contribution in [3.63, 3.8) is 0 Å². The fraction of sp³-hybridized carbons (Fsp3) is 0. The van der Waals surface area contributed by atoms with E-state index < -0.39 is 0 Å². The normalized spacial score (nSPS) is 12.9. The summed E-state index contributed by atoms with van der Waals surface area (Å²) in [6.45, 7) is 0.0921. The van der Waals surface area contributed by atoms with Gasteiger partial charge in [-0.2, -0.15) is 0 Å². The Labute approximate surface area is 264 Å². The summed E-state index contributed by atoms with van der Waals surface area (Å²) in [5.41, 5.74) is 11.5. The SMILES string of the molecule is c1cc(B2c3ccccc3Oc3ccccc32)cc(-c2ccc3oc4c(cc5c6ccccc6n6c7ccccc7c4c56)c3c2)c1. The van der Waals surface area contributed by atoms with Crippen LogP contribution in [0.15, 0.2) is 150 Å². The molecule has 0 aliphatic carbocycles. The molecule has 0 atom stereocenters. The molecule has 0 radical (unpaired) electrons. The van der Waals surface area contributed by atoms with Crippen LogP contribution in [0.25, 0.3) is 71.2 Å².